The van der Waals surface area contributed by atoms with E-state index in [0.29, 0.717) is 18.4 Å². The van der Waals surface area contributed by atoms with Crippen LogP contribution in [0.25, 0.3) is 11.0 Å². The fourth-order valence-corrected chi connectivity index (χ4v) is 2.94. The highest BCUT2D eigenvalue weighted by molar-refractivity contribution is 5.88. The van der Waals surface area contributed by atoms with Gasteiger partial charge < -0.3 is 14.2 Å². The highest BCUT2D eigenvalue weighted by Gasteiger charge is 2.29. The molecule has 27 heavy (non-hydrogen) atoms. The molecule has 0 spiro atoms. The molecule has 3 rings (SSSR count). The van der Waals surface area contributed by atoms with E-state index in [1.165, 1.54) is 0 Å². The molecule has 0 amide bonds. The molecule has 0 aliphatic carbocycles. The molecule has 0 radical (unpaired) electrons. The molecule has 0 fully saturated rings. The van der Waals surface area contributed by atoms with Crippen molar-refractivity contribution in [3.05, 3.63) is 35.4 Å². The Kier molecular flexibility index (Phi) is 4.87. The molecule has 0 unspecified atom stereocenters. The van der Waals surface area contributed by atoms with Crippen LogP contribution < -0.4 is 4.90 Å². The Labute approximate surface area is 156 Å². The average Bonchev–Trinajstić information content (AvgIpc) is 3.05. The van der Waals surface area contributed by atoms with Crippen molar-refractivity contribution in [1.29, 1.82) is 5.26 Å². The number of nitrogens with zero attached hydrogens (tertiary/aromatic N) is 5. The fourth-order valence-electron chi connectivity index (χ4n) is 2.94. The van der Waals surface area contributed by atoms with Gasteiger partial charge in [0.25, 0.3) is 0 Å². The van der Waals surface area contributed by atoms with Gasteiger partial charge in [0.2, 0.25) is 11.8 Å². The van der Waals surface area contributed by atoms with Crippen LogP contribution in [-0.4, -0.2) is 35.8 Å². The van der Waals surface area contributed by atoms with Crippen molar-refractivity contribution in [1.82, 2.24) is 9.55 Å². The highest BCUT2D eigenvalue weighted by Crippen LogP contribution is 2.33. The Bertz CT molecular complexity index is 979. The summed E-state index contributed by atoms with van der Waals surface area (Å²) >= 11 is 0. The van der Waals surface area contributed by atoms with Crippen molar-refractivity contribution < 1.29 is 13.5 Å². The van der Waals surface area contributed by atoms with Crippen LogP contribution in [0.3, 0.4) is 0 Å². The lowest BCUT2D eigenvalue weighted by atomic mass is 10.1. The van der Waals surface area contributed by atoms with Crippen molar-refractivity contribution >= 4 is 22.9 Å². The second-order valence-electron chi connectivity index (χ2n) is 7.33. The molecule has 1 aliphatic rings. The minimum Gasteiger partial charge on any atom is -0.456 e. The third-order valence-corrected chi connectivity index (χ3v) is 4.16. The molecule has 0 N–H and O–H groups in total. The zero-order valence-electron chi connectivity index (χ0n) is 15.8. The zero-order valence-corrected chi connectivity index (χ0v) is 15.8. The smallest absolute Gasteiger partial charge is 0.210 e. The second-order valence-corrected chi connectivity index (χ2v) is 7.33. The number of benzene rings is 1. The summed E-state index contributed by atoms with van der Waals surface area (Å²) in [6.45, 7) is 6.35. The molecule has 0 saturated carbocycles. The molecule has 8 heteroatoms. The SMILES string of the molecule is CN(COC1=NCCC=C1)c1nc2c(F)cc(C#N)c(F)c2n1C(C)(C)C. The molecule has 1 aliphatic heterocycles. The first-order valence-electron chi connectivity index (χ1n) is 8.60. The maximum Gasteiger partial charge on any atom is 0.210 e. The second kappa shape index (κ2) is 6.99. The maximum atomic E-state index is 14.9. The normalized spacial score (nSPS) is 14.2. The number of aromatic nitrogens is 2. The largest absolute Gasteiger partial charge is 0.456 e. The molecular formula is C19H21F2N5O. The number of fused-ring (bicyclic) bond motifs is 1. The van der Waals surface area contributed by atoms with E-state index in [9.17, 15) is 8.78 Å². The van der Waals surface area contributed by atoms with E-state index in [-0.39, 0.29) is 23.3 Å². The first-order chi connectivity index (χ1) is 12.7. The molecule has 2 aromatic rings. The van der Waals surface area contributed by atoms with Crippen LogP contribution in [0.1, 0.15) is 32.8 Å². The Morgan fingerprint density at radius 2 is 2.11 bits per heavy atom. The van der Waals surface area contributed by atoms with E-state index >= 15 is 0 Å². The Hall–Kier alpha value is -2.95. The molecule has 6 nitrogen and oxygen atoms in total. The number of anilines is 1. The van der Waals surface area contributed by atoms with Gasteiger partial charge in [0, 0.05) is 19.1 Å². The number of nitriles is 1. The number of hydrogen-bond acceptors (Lipinski definition) is 5. The van der Waals surface area contributed by atoms with Crippen molar-refractivity contribution in [2.75, 3.05) is 25.2 Å². The van der Waals surface area contributed by atoms with E-state index in [1.807, 2.05) is 26.8 Å². The lowest BCUT2D eigenvalue weighted by Gasteiger charge is -2.28. The van der Waals surface area contributed by atoms with Crippen LogP contribution in [0, 0.1) is 23.0 Å². The summed E-state index contributed by atoms with van der Waals surface area (Å²) in [6, 6.07) is 2.57. The van der Waals surface area contributed by atoms with Gasteiger partial charge in [0.1, 0.15) is 17.1 Å². The summed E-state index contributed by atoms with van der Waals surface area (Å²) in [5.74, 6) is -0.668. The summed E-state index contributed by atoms with van der Waals surface area (Å²) in [5.41, 5.74) is -1.10. The summed E-state index contributed by atoms with van der Waals surface area (Å²) in [5, 5.41) is 9.10. The van der Waals surface area contributed by atoms with Crippen molar-refractivity contribution in [3.63, 3.8) is 0 Å². The average molecular weight is 373 g/mol. The topological polar surface area (TPSA) is 66.4 Å². The van der Waals surface area contributed by atoms with Gasteiger partial charge in [-0.3, -0.25) is 4.99 Å². The fraction of sp³-hybridized carbons (Fsp3) is 0.421. The predicted octanol–water partition coefficient (Wildman–Crippen LogP) is 3.71. The summed E-state index contributed by atoms with van der Waals surface area (Å²) < 4.78 is 36.6. The number of halogens is 2. The number of ether oxygens (including phenoxy) is 1. The van der Waals surface area contributed by atoms with E-state index in [2.05, 4.69) is 9.98 Å². The van der Waals surface area contributed by atoms with Crippen LogP contribution in [0.4, 0.5) is 14.7 Å². The van der Waals surface area contributed by atoms with E-state index < -0.39 is 17.2 Å². The molecule has 0 atom stereocenters. The van der Waals surface area contributed by atoms with Crippen LogP contribution in [0.2, 0.25) is 0 Å². The monoisotopic (exact) mass is 373 g/mol. The van der Waals surface area contributed by atoms with Crippen molar-refractivity contribution in [2.45, 2.75) is 32.7 Å². The number of rotatable bonds is 3. The molecule has 0 saturated heterocycles. The minimum atomic E-state index is -0.781. The first-order valence-corrected chi connectivity index (χ1v) is 8.60. The molecular weight excluding hydrogens is 352 g/mol. The number of dihydropyridines is 1. The van der Waals surface area contributed by atoms with Gasteiger partial charge in [-0.2, -0.15) is 5.26 Å². The van der Waals surface area contributed by atoms with Crippen LogP contribution >= 0.6 is 0 Å². The molecule has 2 heterocycles. The molecule has 0 bridgehead atoms. The summed E-state index contributed by atoms with van der Waals surface area (Å²) in [4.78, 5) is 10.2. The van der Waals surface area contributed by atoms with Gasteiger partial charge in [0.15, 0.2) is 18.4 Å². The third kappa shape index (κ3) is 3.50. The van der Waals surface area contributed by atoms with Gasteiger partial charge in [0.05, 0.1) is 5.56 Å². The Balaban J connectivity index is 2.08. The third-order valence-electron chi connectivity index (χ3n) is 4.16. The van der Waals surface area contributed by atoms with Gasteiger partial charge in [-0.1, -0.05) is 6.08 Å². The lowest BCUT2D eigenvalue weighted by molar-refractivity contribution is 0.301. The van der Waals surface area contributed by atoms with Crippen LogP contribution in [0.15, 0.2) is 23.2 Å². The standard InChI is InChI=1S/C19H21F2N5O/c1-19(2,3)26-17-15(21)12(10-22)9-13(20)16(17)24-18(26)25(4)11-27-14-7-5-6-8-23-14/h5,7,9H,6,8,11H2,1-4H3. The van der Waals surface area contributed by atoms with Crippen molar-refractivity contribution in [2.24, 2.45) is 4.99 Å². The molecule has 1 aromatic carbocycles. The Morgan fingerprint density at radius 1 is 1.37 bits per heavy atom. The van der Waals surface area contributed by atoms with Gasteiger partial charge in [-0.15, -0.1) is 0 Å². The number of imidazole rings is 1. The van der Waals surface area contributed by atoms with E-state index in [0.717, 1.165) is 12.5 Å². The lowest BCUT2D eigenvalue weighted by Crippen LogP contribution is -2.31. The Morgan fingerprint density at radius 3 is 2.70 bits per heavy atom. The van der Waals surface area contributed by atoms with Crippen LogP contribution in [0.5, 0.6) is 0 Å². The van der Waals surface area contributed by atoms with Gasteiger partial charge in [-0.25, -0.2) is 13.8 Å². The molecule has 142 valence electrons. The van der Waals surface area contributed by atoms with Crippen molar-refractivity contribution in [3.8, 4) is 6.07 Å². The van der Waals surface area contributed by atoms with E-state index in [1.54, 1.807) is 28.7 Å². The minimum absolute atomic E-state index is 0.0317. The maximum absolute atomic E-state index is 14.9. The quantitative estimate of drug-likeness (QED) is 0.770. The van der Waals surface area contributed by atoms with Crippen LogP contribution in [-0.2, 0) is 10.3 Å². The van der Waals surface area contributed by atoms with Gasteiger partial charge >= 0.3 is 0 Å². The number of hydrogen-bond donors (Lipinski definition) is 0. The summed E-state index contributed by atoms with van der Waals surface area (Å²) in [6.07, 6.45) is 4.64. The highest BCUT2D eigenvalue weighted by atomic mass is 19.1. The zero-order chi connectivity index (χ0) is 19.8. The van der Waals surface area contributed by atoms with E-state index in [4.69, 9.17) is 10.00 Å². The predicted molar refractivity (Wildman–Crippen MR) is 99.8 cm³/mol. The number of aliphatic imine (C=N–C) groups is 1. The summed E-state index contributed by atoms with van der Waals surface area (Å²) in [7, 11) is 1.72. The molecule has 1 aromatic heterocycles. The van der Waals surface area contributed by atoms with Gasteiger partial charge in [-0.05, 0) is 39.3 Å². The first kappa shape index (κ1) is 18.8.